The second kappa shape index (κ2) is 8.31. The van der Waals surface area contributed by atoms with Crippen LogP contribution in [0.4, 0.5) is 4.79 Å². The predicted octanol–water partition coefficient (Wildman–Crippen LogP) is 0.901. The smallest absolute Gasteiger partial charge is 0.404 e. The summed E-state index contributed by atoms with van der Waals surface area (Å²) < 4.78 is 0. The van der Waals surface area contributed by atoms with Gasteiger partial charge in [-0.2, -0.15) is 5.26 Å². The van der Waals surface area contributed by atoms with E-state index in [0.29, 0.717) is 25.1 Å². The molecular weight excluding hydrogens is 308 g/mol. The van der Waals surface area contributed by atoms with Crippen molar-refractivity contribution in [2.75, 3.05) is 33.2 Å². The molecule has 1 saturated heterocycles. The van der Waals surface area contributed by atoms with Crippen molar-refractivity contribution >= 4 is 12.0 Å². The first-order valence-corrected chi connectivity index (χ1v) is 7.92. The Hall–Kier alpha value is -2.59. The van der Waals surface area contributed by atoms with Gasteiger partial charge in [-0.1, -0.05) is 12.1 Å². The molecule has 1 unspecified atom stereocenters. The van der Waals surface area contributed by atoms with Crippen molar-refractivity contribution in [3.05, 3.63) is 35.4 Å². The standard InChI is InChI=1S/C17H22N4O3/c1-20-6-8-21(9-7-20)16(22)11-15(19-17(23)24)10-13-2-4-14(12-18)5-3-13/h2-5,15,19H,6-11H2,1H3,(H,23,24). The summed E-state index contributed by atoms with van der Waals surface area (Å²) in [5.41, 5.74) is 1.44. The number of amides is 2. The average molecular weight is 330 g/mol. The summed E-state index contributed by atoms with van der Waals surface area (Å²) in [5.74, 6) is -0.0319. The Balaban J connectivity index is 1.98. The highest BCUT2D eigenvalue weighted by atomic mass is 16.4. The molecule has 24 heavy (non-hydrogen) atoms. The van der Waals surface area contributed by atoms with Gasteiger partial charge in [0.2, 0.25) is 5.91 Å². The summed E-state index contributed by atoms with van der Waals surface area (Å²) >= 11 is 0. The number of rotatable bonds is 5. The zero-order valence-electron chi connectivity index (χ0n) is 13.7. The second-order valence-electron chi connectivity index (χ2n) is 6.05. The van der Waals surface area contributed by atoms with Crippen molar-refractivity contribution < 1.29 is 14.7 Å². The monoisotopic (exact) mass is 330 g/mol. The molecule has 1 fully saturated rings. The van der Waals surface area contributed by atoms with Gasteiger partial charge in [-0.05, 0) is 31.2 Å². The molecule has 1 aliphatic heterocycles. The summed E-state index contributed by atoms with van der Waals surface area (Å²) in [7, 11) is 2.02. The summed E-state index contributed by atoms with van der Waals surface area (Å²) in [6.45, 7) is 3.01. The number of carboxylic acid groups (broad SMARTS) is 1. The van der Waals surface area contributed by atoms with Gasteiger partial charge in [-0.3, -0.25) is 4.79 Å². The first-order chi connectivity index (χ1) is 11.5. The molecule has 1 atom stereocenters. The molecule has 7 heteroatoms. The molecule has 1 heterocycles. The highest BCUT2D eigenvalue weighted by Crippen LogP contribution is 2.11. The zero-order valence-corrected chi connectivity index (χ0v) is 13.7. The molecule has 0 bridgehead atoms. The highest BCUT2D eigenvalue weighted by molar-refractivity contribution is 5.78. The Morgan fingerprint density at radius 2 is 1.88 bits per heavy atom. The molecule has 2 amide bonds. The number of nitrogens with zero attached hydrogens (tertiary/aromatic N) is 3. The van der Waals surface area contributed by atoms with Crippen molar-refractivity contribution in [2.24, 2.45) is 0 Å². The molecule has 1 aromatic rings. The van der Waals surface area contributed by atoms with Gasteiger partial charge in [0.05, 0.1) is 11.6 Å². The number of benzene rings is 1. The van der Waals surface area contributed by atoms with E-state index in [1.165, 1.54) is 0 Å². The van der Waals surface area contributed by atoms with Crippen LogP contribution >= 0.6 is 0 Å². The van der Waals surface area contributed by atoms with E-state index in [-0.39, 0.29) is 12.3 Å². The van der Waals surface area contributed by atoms with Crippen molar-refractivity contribution in [1.29, 1.82) is 5.26 Å². The van der Waals surface area contributed by atoms with Crippen LogP contribution in [0.25, 0.3) is 0 Å². The number of carbonyl (C=O) groups excluding carboxylic acids is 1. The van der Waals surface area contributed by atoms with Gasteiger partial charge in [0.1, 0.15) is 0 Å². The number of hydrogen-bond acceptors (Lipinski definition) is 4. The molecular formula is C17H22N4O3. The van der Waals surface area contributed by atoms with Crippen LogP contribution in [0, 0.1) is 11.3 Å². The Morgan fingerprint density at radius 1 is 1.25 bits per heavy atom. The minimum absolute atomic E-state index is 0.0319. The summed E-state index contributed by atoms with van der Waals surface area (Å²) in [6.07, 6.45) is -0.590. The highest BCUT2D eigenvalue weighted by Gasteiger charge is 2.23. The Labute approximate surface area is 141 Å². The molecule has 0 aliphatic carbocycles. The van der Waals surface area contributed by atoms with Crippen LogP contribution in [0.15, 0.2) is 24.3 Å². The molecule has 128 valence electrons. The number of nitriles is 1. The lowest BCUT2D eigenvalue weighted by atomic mass is 10.0. The van der Waals surface area contributed by atoms with E-state index in [9.17, 15) is 9.59 Å². The van der Waals surface area contributed by atoms with E-state index < -0.39 is 12.1 Å². The van der Waals surface area contributed by atoms with Crippen molar-refractivity contribution in [3.8, 4) is 6.07 Å². The second-order valence-corrected chi connectivity index (χ2v) is 6.05. The van der Waals surface area contributed by atoms with E-state index in [4.69, 9.17) is 10.4 Å². The van der Waals surface area contributed by atoms with E-state index in [1.807, 2.05) is 13.1 Å². The molecule has 0 saturated carbocycles. The van der Waals surface area contributed by atoms with Gasteiger partial charge >= 0.3 is 6.09 Å². The normalized spacial score (nSPS) is 16.2. The third-order valence-electron chi connectivity index (χ3n) is 4.17. The first kappa shape index (κ1) is 17.8. The topological polar surface area (TPSA) is 96.7 Å². The number of hydrogen-bond donors (Lipinski definition) is 2. The van der Waals surface area contributed by atoms with Gasteiger partial charge in [-0.15, -0.1) is 0 Å². The minimum Gasteiger partial charge on any atom is -0.465 e. The molecule has 1 aromatic carbocycles. The Bertz CT molecular complexity index is 616. The summed E-state index contributed by atoms with van der Waals surface area (Å²) in [6, 6.07) is 8.51. The lowest BCUT2D eigenvalue weighted by molar-refractivity contribution is -0.133. The Morgan fingerprint density at radius 3 is 2.42 bits per heavy atom. The maximum absolute atomic E-state index is 12.4. The largest absolute Gasteiger partial charge is 0.465 e. The maximum Gasteiger partial charge on any atom is 0.404 e. The first-order valence-electron chi connectivity index (χ1n) is 7.92. The van der Waals surface area contributed by atoms with Crippen LogP contribution in [0.5, 0.6) is 0 Å². The number of piperazine rings is 1. The molecule has 7 nitrogen and oxygen atoms in total. The number of likely N-dealkylation sites (N-methyl/N-ethyl adjacent to an activating group) is 1. The van der Waals surface area contributed by atoms with Gasteiger partial charge in [0, 0.05) is 38.6 Å². The molecule has 2 N–H and O–H groups in total. The maximum atomic E-state index is 12.4. The SMILES string of the molecule is CN1CCN(C(=O)CC(Cc2ccc(C#N)cc2)NC(=O)O)CC1. The molecule has 2 rings (SSSR count). The fourth-order valence-electron chi connectivity index (χ4n) is 2.74. The van der Waals surface area contributed by atoms with E-state index in [1.54, 1.807) is 29.2 Å². The van der Waals surface area contributed by atoms with Gasteiger partial charge in [-0.25, -0.2) is 4.79 Å². The molecule has 0 aromatic heterocycles. The summed E-state index contributed by atoms with van der Waals surface area (Å²) in [4.78, 5) is 27.4. The third-order valence-corrected chi connectivity index (χ3v) is 4.17. The zero-order chi connectivity index (χ0) is 17.5. The average Bonchev–Trinajstić information content (AvgIpc) is 2.55. The predicted molar refractivity (Wildman–Crippen MR) is 88.5 cm³/mol. The molecule has 1 aliphatic rings. The third kappa shape index (κ3) is 5.25. The van der Waals surface area contributed by atoms with Crippen LogP contribution in [0.1, 0.15) is 17.5 Å². The fraction of sp³-hybridized carbons (Fsp3) is 0.471. The van der Waals surface area contributed by atoms with E-state index >= 15 is 0 Å². The van der Waals surface area contributed by atoms with Gasteiger partial charge in [0.25, 0.3) is 0 Å². The van der Waals surface area contributed by atoms with Crippen LogP contribution in [0.2, 0.25) is 0 Å². The van der Waals surface area contributed by atoms with E-state index in [0.717, 1.165) is 18.7 Å². The number of nitrogens with one attached hydrogen (secondary N) is 1. The number of carbonyl (C=O) groups is 2. The lowest BCUT2D eigenvalue weighted by Gasteiger charge is -2.33. The van der Waals surface area contributed by atoms with Crippen LogP contribution in [-0.2, 0) is 11.2 Å². The minimum atomic E-state index is -1.14. The Kier molecular flexibility index (Phi) is 6.15. The van der Waals surface area contributed by atoms with E-state index in [2.05, 4.69) is 10.2 Å². The molecule has 0 spiro atoms. The van der Waals surface area contributed by atoms with Gasteiger partial charge in [0.15, 0.2) is 0 Å². The van der Waals surface area contributed by atoms with Crippen molar-refractivity contribution in [1.82, 2.24) is 15.1 Å². The van der Waals surface area contributed by atoms with Crippen LogP contribution in [0.3, 0.4) is 0 Å². The quantitative estimate of drug-likeness (QED) is 0.836. The van der Waals surface area contributed by atoms with Crippen molar-refractivity contribution in [3.63, 3.8) is 0 Å². The fourth-order valence-corrected chi connectivity index (χ4v) is 2.74. The molecule has 0 radical (unpaired) electrons. The van der Waals surface area contributed by atoms with Gasteiger partial charge < -0.3 is 20.2 Å². The lowest BCUT2D eigenvalue weighted by Crippen LogP contribution is -2.49. The summed E-state index contributed by atoms with van der Waals surface area (Å²) in [5, 5.41) is 20.3. The van der Waals surface area contributed by atoms with Crippen molar-refractivity contribution in [2.45, 2.75) is 18.9 Å². The van der Waals surface area contributed by atoms with Crippen LogP contribution in [-0.4, -0.2) is 66.2 Å². The van der Waals surface area contributed by atoms with Crippen LogP contribution < -0.4 is 5.32 Å².